The van der Waals surface area contributed by atoms with Gasteiger partial charge in [-0.3, -0.25) is 0 Å². The Morgan fingerprint density at radius 2 is 1.84 bits per heavy atom. The highest BCUT2D eigenvalue weighted by Crippen LogP contribution is 2.13. The fraction of sp³-hybridized carbons (Fsp3) is 0.0833. The first-order chi connectivity index (χ1) is 8.95. The van der Waals surface area contributed by atoms with Crippen LogP contribution in [0.1, 0.15) is 5.56 Å². The van der Waals surface area contributed by atoms with Crippen LogP contribution in [0.4, 0.5) is 11.5 Å². The lowest BCUT2D eigenvalue weighted by molar-refractivity contribution is 0.598. The van der Waals surface area contributed by atoms with Crippen molar-refractivity contribution in [3.05, 3.63) is 48.2 Å². The minimum Gasteiger partial charge on any atom is -0.384 e. The average Bonchev–Trinajstić information content (AvgIpc) is 2.36. The summed E-state index contributed by atoms with van der Waals surface area (Å²) in [5, 5.41) is 8.18. The summed E-state index contributed by atoms with van der Waals surface area (Å²) in [5.74, 6) is 0.439. The smallest absolute Gasteiger partial charge is 0.238 e. The minimum atomic E-state index is -3.64. The number of nitrogens with two attached hydrogens (primary N) is 2. The molecule has 0 aliphatic rings. The van der Waals surface area contributed by atoms with Crippen LogP contribution in [0.5, 0.6) is 0 Å². The van der Waals surface area contributed by atoms with Crippen molar-refractivity contribution in [1.82, 2.24) is 4.98 Å². The molecule has 100 valence electrons. The fourth-order valence-corrected chi connectivity index (χ4v) is 2.07. The van der Waals surface area contributed by atoms with Crippen LogP contribution in [-0.4, -0.2) is 13.4 Å². The molecule has 0 unspecified atom stereocenters. The van der Waals surface area contributed by atoms with Crippen molar-refractivity contribution in [3.8, 4) is 0 Å². The average molecular weight is 278 g/mol. The molecule has 0 aliphatic heterocycles. The summed E-state index contributed by atoms with van der Waals surface area (Å²) < 4.78 is 22.2. The number of nitrogen functional groups attached to an aromatic ring is 1. The first kappa shape index (κ1) is 13.3. The summed E-state index contributed by atoms with van der Waals surface area (Å²) in [6.45, 7) is 0.550. The van der Waals surface area contributed by atoms with E-state index < -0.39 is 10.0 Å². The summed E-state index contributed by atoms with van der Waals surface area (Å²) >= 11 is 0. The zero-order chi connectivity index (χ0) is 13.9. The SMILES string of the molecule is Nc1cc(NCc2ccc(S(N)(=O)=O)cc2)ccn1. The summed E-state index contributed by atoms with van der Waals surface area (Å²) in [7, 11) is -3.64. The van der Waals surface area contributed by atoms with E-state index in [-0.39, 0.29) is 4.90 Å². The van der Waals surface area contributed by atoms with Crippen molar-refractivity contribution < 1.29 is 8.42 Å². The Labute approximate surface area is 111 Å². The van der Waals surface area contributed by atoms with Crippen molar-refractivity contribution in [2.75, 3.05) is 11.1 Å². The highest BCUT2D eigenvalue weighted by Gasteiger charge is 2.06. The van der Waals surface area contributed by atoms with E-state index >= 15 is 0 Å². The zero-order valence-electron chi connectivity index (χ0n) is 10.1. The molecule has 0 bridgehead atoms. The van der Waals surface area contributed by atoms with E-state index in [1.165, 1.54) is 12.1 Å². The third-order valence-corrected chi connectivity index (χ3v) is 3.46. The number of hydrogen-bond donors (Lipinski definition) is 3. The van der Waals surface area contributed by atoms with Crippen LogP contribution < -0.4 is 16.2 Å². The molecule has 0 spiro atoms. The molecular weight excluding hydrogens is 264 g/mol. The molecule has 0 fully saturated rings. The number of nitrogens with one attached hydrogen (secondary N) is 1. The van der Waals surface area contributed by atoms with E-state index in [4.69, 9.17) is 10.9 Å². The van der Waals surface area contributed by atoms with Gasteiger partial charge in [0.25, 0.3) is 0 Å². The van der Waals surface area contributed by atoms with Gasteiger partial charge in [0.15, 0.2) is 0 Å². The van der Waals surface area contributed by atoms with Crippen molar-refractivity contribution in [2.24, 2.45) is 5.14 Å². The number of hydrogen-bond acceptors (Lipinski definition) is 5. The van der Waals surface area contributed by atoms with Crippen LogP contribution in [0.3, 0.4) is 0 Å². The molecule has 0 atom stereocenters. The van der Waals surface area contributed by atoms with E-state index in [1.807, 2.05) is 0 Å². The van der Waals surface area contributed by atoms with Gasteiger partial charge in [0, 0.05) is 24.5 Å². The molecule has 0 saturated carbocycles. The van der Waals surface area contributed by atoms with Crippen LogP contribution in [0, 0.1) is 0 Å². The zero-order valence-corrected chi connectivity index (χ0v) is 10.9. The summed E-state index contributed by atoms with van der Waals surface area (Å²) in [6.07, 6.45) is 1.61. The lowest BCUT2D eigenvalue weighted by atomic mass is 10.2. The van der Waals surface area contributed by atoms with Gasteiger partial charge in [0.1, 0.15) is 5.82 Å². The molecule has 2 rings (SSSR count). The van der Waals surface area contributed by atoms with E-state index in [9.17, 15) is 8.42 Å². The third kappa shape index (κ3) is 3.67. The molecule has 19 heavy (non-hydrogen) atoms. The third-order valence-electron chi connectivity index (χ3n) is 2.53. The predicted octanol–water partition coefficient (Wildman–Crippen LogP) is 0.923. The van der Waals surface area contributed by atoms with Gasteiger partial charge in [0.2, 0.25) is 10.0 Å². The van der Waals surface area contributed by atoms with Gasteiger partial charge >= 0.3 is 0 Å². The van der Waals surface area contributed by atoms with Gasteiger partial charge < -0.3 is 11.1 Å². The molecule has 7 heteroatoms. The number of pyridine rings is 1. The maximum Gasteiger partial charge on any atom is 0.238 e. The Hall–Kier alpha value is -2.12. The van der Waals surface area contributed by atoms with E-state index in [0.29, 0.717) is 12.4 Å². The highest BCUT2D eigenvalue weighted by molar-refractivity contribution is 7.89. The number of nitrogens with zero attached hydrogens (tertiary/aromatic N) is 1. The van der Waals surface area contributed by atoms with E-state index in [1.54, 1.807) is 30.5 Å². The number of anilines is 2. The fourth-order valence-electron chi connectivity index (χ4n) is 1.56. The minimum absolute atomic E-state index is 0.101. The van der Waals surface area contributed by atoms with Gasteiger partial charge in [-0.05, 0) is 23.8 Å². The number of sulfonamides is 1. The molecule has 1 heterocycles. The van der Waals surface area contributed by atoms with Crippen LogP contribution in [0.25, 0.3) is 0 Å². The van der Waals surface area contributed by atoms with E-state index in [2.05, 4.69) is 10.3 Å². The molecule has 1 aromatic carbocycles. The molecule has 0 amide bonds. The first-order valence-corrected chi connectivity index (χ1v) is 7.07. The molecule has 6 nitrogen and oxygen atoms in total. The van der Waals surface area contributed by atoms with Gasteiger partial charge in [-0.1, -0.05) is 12.1 Å². The van der Waals surface area contributed by atoms with Gasteiger partial charge in [-0.25, -0.2) is 18.5 Å². The monoisotopic (exact) mass is 278 g/mol. The highest BCUT2D eigenvalue weighted by atomic mass is 32.2. The van der Waals surface area contributed by atoms with Crippen LogP contribution >= 0.6 is 0 Å². The second kappa shape index (κ2) is 5.25. The molecule has 5 N–H and O–H groups in total. The van der Waals surface area contributed by atoms with Crippen molar-refractivity contribution in [3.63, 3.8) is 0 Å². The first-order valence-electron chi connectivity index (χ1n) is 5.52. The van der Waals surface area contributed by atoms with Crippen LogP contribution in [0.2, 0.25) is 0 Å². The molecule has 0 aliphatic carbocycles. The van der Waals surface area contributed by atoms with Crippen LogP contribution in [0.15, 0.2) is 47.5 Å². The summed E-state index contributed by atoms with van der Waals surface area (Å²) in [5.41, 5.74) is 7.35. The van der Waals surface area contributed by atoms with Crippen molar-refractivity contribution in [2.45, 2.75) is 11.4 Å². The lowest BCUT2D eigenvalue weighted by Gasteiger charge is -2.07. The molecule has 0 radical (unpaired) electrons. The Bertz CT molecular complexity index is 668. The van der Waals surface area contributed by atoms with E-state index in [0.717, 1.165) is 11.3 Å². The second-order valence-electron chi connectivity index (χ2n) is 4.01. The quantitative estimate of drug-likeness (QED) is 0.770. The van der Waals surface area contributed by atoms with Crippen molar-refractivity contribution in [1.29, 1.82) is 0 Å². The normalized spacial score (nSPS) is 11.2. The Balaban J connectivity index is 2.05. The largest absolute Gasteiger partial charge is 0.384 e. The number of rotatable bonds is 4. The number of primary sulfonamides is 1. The molecule has 0 saturated heterocycles. The summed E-state index contributed by atoms with van der Waals surface area (Å²) in [4.78, 5) is 3.99. The maximum atomic E-state index is 11.1. The standard InChI is InChI=1S/C12H14N4O2S/c13-12-7-10(5-6-15-12)16-8-9-1-3-11(4-2-9)19(14,17)18/h1-7H,8H2,(H3,13,15,16)(H2,14,17,18). The molecular formula is C12H14N4O2S. The number of aromatic nitrogens is 1. The predicted molar refractivity (Wildman–Crippen MR) is 73.8 cm³/mol. The Kier molecular flexibility index (Phi) is 3.68. The van der Waals surface area contributed by atoms with Gasteiger partial charge in [0.05, 0.1) is 4.90 Å². The van der Waals surface area contributed by atoms with Gasteiger partial charge in [-0.15, -0.1) is 0 Å². The van der Waals surface area contributed by atoms with Crippen molar-refractivity contribution >= 4 is 21.5 Å². The molecule has 2 aromatic rings. The lowest BCUT2D eigenvalue weighted by Crippen LogP contribution is -2.12. The second-order valence-corrected chi connectivity index (χ2v) is 5.57. The topological polar surface area (TPSA) is 111 Å². The Morgan fingerprint density at radius 3 is 2.42 bits per heavy atom. The van der Waals surface area contributed by atoms with Crippen LogP contribution in [-0.2, 0) is 16.6 Å². The summed E-state index contributed by atoms with van der Waals surface area (Å²) in [6, 6.07) is 9.89. The Morgan fingerprint density at radius 1 is 1.16 bits per heavy atom. The molecule has 1 aromatic heterocycles. The number of benzene rings is 1. The van der Waals surface area contributed by atoms with Gasteiger partial charge in [-0.2, -0.15) is 0 Å². The maximum absolute atomic E-state index is 11.1.